The third-order valence-electron chi connectivity index (χ3n) is 5.70. The highest BCUT2D eigenvalue weighted by Gasteiger charge is 2.23. The van der Waals surface area contributed by atoms with E-state index in [-0.39, 0.29) is 18.1 Å². The quantitative estimate of drug-likeness (QED) is 0.416. The number of benzene rings is 2. The molecule has 0 bridgehead atoms. The van der Waals surface area contributed by atoms with Crippen LogP contribution in [0.1, 0.15) is 42.7 Å². The van der Waals surface area contributed by atoms with Crippen LogP contribution in [0.15, 0.2) is 79.0 Å². The third-order valence-corrected chi connectivity index (χ3v) is 5.95. The van der Waals surface area contributed by atoms with E-state index in [4.69, 9.17) is 21.4 Å². The predicted octanol–water partition coefficient (Wildman–Crippen LogP) is 4.41. The van der Waals surface area contributed by atoms with Gasteiger partial charge in [0, 0.05) is 24.6 Å². The van der Waals surface area contributed by atoms with Gasteiger partial charge in [0.25, 0.3) is 0 Å². The number of hydrogen-bond acceptors (Lipinski definition) is 5. The molecule has 8 heteroatoms. The Hall–Kier alpha value is -3.26. The van der Waals surface area contributed by atoms with Crippen molar-refractivity contribution in [2.24, 2.45) is 0 Å². The minimum Gasteiger partial charge on any atom is -0.480 e. The predicted molar refractivity (Wildman–Crippen MR) is 140 cm³/mol. The maximum absolute atomic E-state index is 10.8. The molecule has 2 heterocycles. The average molecular weight is 510 g/mol. The molecule has 1 aromatic heterocycles. The molecule has 0 radical (unpaired) electrons. The number of carboxylic acid groups (broad SMARTS) is 1. The first-order valence-electron chi connectivity index (χ1n) is 12.0. The van der Waals surface area contributed by atoms with E-state index in [0.717, 1.165) is 47.8 Å². The van der Waals surface area contributed by atoms with Gasteiger partial charge in [-0.25, -0.2) is 4.79 Å². The van der Waals surface area contributed by atoms with Crippen molar-refractivity contribution in [2.75, 3.05) is 13.1 Å². The van der Waals surface area contributed by atoms with Gasteiger partial charge in [-0.3, -0.25) is 9.78 Å². The van der Waals surface area contributed by atoms with E-state index < -0.39 is 12.0 Å². The van der Waals surface area contributed by atoms with Gasteiger partial charge in [0.15, 0.2) is 0 Å². The summed E-state index contributed by atoms with van der Waals surface area (Å²) in [5.41, 5.74) is 2.92. The lowest BCUT2D eigenvalue weighted by molar-refractivity contribution is -0.141. The zero-order chi connectivity index (χ0) is 25.8. The summed E-state index contributed by atoms with van der Waals surface area (Å²) >= 11 is 5.99. The lowest BCUT2D eigenvalue weighted by Crippen LogP contribution is -2.41. The number of nitrogens with one attached hydrogen (secondary N) is 2. The fraction of sp³-hybridized carbons (Fsp3) is 0.321. The normalized spacial score (nSPS) is 15.2. The number of hydrogen-bond donors (Lipinski definition) is 3. The van der Waals surface area contributed by atoms with E-state index in [1.54, 1.807) is 0 Å². The number of rotatable bonds is 8. The summed E-state index contributed by atoms with van der Waals surface area (Å²) in [7, 11) is 0. The van der Waals surface area contributed by atoms with E-state index in [0.29, 0.717) is 6.42 Å². The van der Waals surface area contributed by atoms with Crippen molar-refractivity contribution in [3.05, 3.63) is 101 Å². The maximum atomic E-state index is 10.8. The molecule has 1 amide bonds. The third kappa shape index (κ3) is 9.07. The summed E-state index contributed by atoms with van der Waals surface area (Å²) in [6, 6.07) is 22.1. The van der Waals surface area contributed by atoms with Gasteiger partial charge in [0.2, 0.25) is 5.91 Å². The number of carbonyl (C=O) groups excluding carboxylic acids is 1. The molecule has 2 atom stereocenters. The monoisotopic (exact) mass is 509 g/mol. The number of nitrogens with zero attached hydrogens (tertiary/aromatic N) is 1. The van der Waals surface area contributed by atoms with Crippen LogP contribution in [0.2, 0.25) is 5.02 Å². The number of piperidine rings is 1. The molecular formula is C28H32ClN3O4. The van der Waals surface area contributed by atoms with Crippen molar-refractivity contribution in [1.82, 2.24) is 15.6 Å². The van der Waals surface area contributed by atoms with Crippen molar-refractivity contribution in [3.63, 3.8) is 0 Å². The number of ether oxygens (including phenoxy) is 1. The van der Waals surface area contributed by atoms with Gasteiger partial charge in [0.1, 0.15) is 12.1 Å². The van der Waals surface area contributed by atoms with Gasteiger partial charge in [-0.05, 0) is 61.3 Å². The first-order chi connectivity index (χ1) is 17.4. The second-order valence-corrected chi connectivity index (χ2v) is 8.99. The summed E-state index contributed by atoms with van der Waals surface area (Å²) < 4.78 is 6.36. The molecule has 1 fully saturated rings. The zero-order valence-electron chi connectivity index (χ0n) is 20.3. The zero-order valence-corrected chi connectivity index (χ0v) is 21.0. The molecule has 0 unspecified atom stereocenters. The Balaban J connectivity index is 0.000000214. The number of carboxylic acids is 1. The van der Waals surface area contributed by atoms with Crippen LogP contribution in [0.4, 0.5) is 0 Å². The highest BCUT2D eigenvalue weighted by atomic mass is 35.5. The molecule has 3 N–H and O–H groups in total. The summed E-state index contributed by atoms with van der Waals surface area (Å²) in [4.78, 5) is 26.1. The molecule has 0 spiro atoms. The Kier molecular flexibility index (Phi) is 10.9. The lowest BCUT2D eigenvalue weighted by Gasteiger charge is -2.28. The largest absolute Gasteiger partial charge is 0.480 e. The van der Waals surface area contributed by atoms with E-state index in [1.807, 2.05) is 79.0 Å². The van der Waals surface area contributed by atoms with Crippen LogP contribution in [-0.2, 0) is 20.7 Å². The molecule has 36 heavy (non-hydrogen) atoms. The SMILES string of the molecule is CC(=O)N[C@@H](Cc1ccccc1)C(=O)O.Clc1ccc([C@H](OC2CCNCC2)c2ccccn2)cc1. The Morgan fingerprint density at radius 3 is 2.31 bits per heavy atom. The fourth-order valence-corrected chi connectivity index (χ4v) is 4.03. The summed E-state index contributed by atoms with van der Waals surface area (Å²) in [6.07, 6.45) is 4.33. The minimum atomic E-state index is -1.02. The van der Waals surface area contributed by atoms with Crippen LogP contribution < -0.4 is 10.6 Å². The van der Waals surface area contributed by atoms with Gasteiger partial charge in [-0.2, -0.15) is 0 Å². The van der Waals surface area contributed by atoms with E-state index >= 15 is 0 Å². The van der Waals surface area contributed by atoms with Crippen LogP contribution in [0.25, 0.3) is 0 Å². The van der Waals surface area contributed by atoms with Crippen molar-refractivity contribution in [1.29, 1.82) is 0 Å². The van der Waals surface area contributed by atoms with Gasteiger partial charge < -0.3 is 20.5 Å². The number of aliphatic carboxylic acids is 1. The van der Waals surface area contributed by atoms with Crippen LogP contribution in [-0.4, -0.2) is 47.2 Å². The fourth-order valence-electron chi connectivity index (χ4n) is 3.91. The summed E-state index contributed by atoms with van der Waals surface area (Å²) in [5, 5.41) is 15.4. The van der Waals surface area contributed by atoms with Gasteiger partial charge in [-0.15, -0.1) is 0 Å². The van der Waals surface area contributed by atoms with Crippen LogP contribution in [0.3, 0.4) is 0 Å². The van der Waals surface area contributed by atoms with Crippen molar-refractivity contribution < 1.29 is 19.4 Å². The van der Waals surface area contributed by atoms with Crippen LogP contribution in [0.5, 0.6) is 0 Å². The van der Waals surface area contributed by atoms with Crippen LogP contribution >= 0.6 is 11.6 Å². The van der Waals surface area contributed by atoms with Crippen LogP contribution in [0, 0.1) is 0 Å². The summed E-state index contributed by atoms with van der Waals surface area (Å²) in [6.45, 7) is 3.33. The summed E-state index contributed by atoms with van der Waals surface area (Å²) in [5.74, 6) is -1.35. The van der Waals surface area contributed by atoms with E-state index in [1.165, 1.54) is 6.92 Å². The number of pyridine rings is 1. The first kappa shape index (κ1) is 27.3. The van der Waals surface area contributed by atoms with Gasteiger partial charge in [0.05, 0.1) is 11.8 Å². The maximum Gasteiger partial charge on any atom is 0.326 e. The number of carbonyl (C=O) groups is 2. The van der Waals surface area contributed by atoms with Crippen molar-refractivity contribution >= 4 is 23.5 Å². The van der Waals surface area contributed by atoms with E-state index in [9.17, 15) is 9.59 Å². The van der Waals surface area contributed by atoms with Gasteiger partial charge in [-0.1, -0.05) is 60.1 Å². The Bertz CT molecular complexity index is 1070. The number of aromatic nitrogens is 1. The molecule has 3 aromatic rings. The molecule has 0 aliphatic carbocycles. The Morgan fingerprint density at radius 1 is 1.06 bits per heavy atom. The highest BCUT2D eigenvalue weighted by molar-refractivity contribution is 6.30. The van der Waals surface area contributed by atoms with Crippen molar-refractivity contribution in [3.8, 4) is 0 Å². The molecule has 2 aromatic carbocycles. The Morgan fingerprint density at radius 2 is 1.72 bits per heavy atom. The average Bonchev–Trinajstić information content (AvgIpc) is 2.89. The molecule has 4 rings (SSSR count). The standard InChI is InChI=1S/C17H19ClN2O.C11H13NO3/c18-14-6-4-13(5-7-14)17(16-3-1-2-10-20-16)21-15-8-11-19-12-9-15;1-8(13)12-10(11(14)15)7-9-5-3-2-4-6-9/h1-7,10,15,17,19H,8-9,11-12H2;2-6,10H,7H2,1H3,(H,12,13)(H,14,15)/t17-;10-/m00/s1. The topological polar surface area (TPSA) is 101 Å². The molecule has 0 saturated carbocycles. The molecular weight excluding hydrogens is 478 g/mol. The smallest absolute Gasteiger partial charge is 0.326 e. The second kappa shape index (κ2) is 14.3. The minimum absolute atomic E-state index is 0.133. The molecule has 1 saturated heterocycles. The lowest BCUT2D eigenvalue weighted by atomic mass is 10.0. The molecule has 1 aliphatic heterocycles. The van der Waals surface area contributed by atoms with E-state index in [2.05, 4.69) is 15.6 Å². The number of amides is 1. The first-order valence-corrected chi connectivity index (χ1v) is 12.4. The Labute approximate surface area is 216 Å². The molecule has 7 nitrogen and oxygen atoms in total. The highest BCUT2D eigenvalue weighted by Crippen LogP contribution is 2.28. The molecule has 190 valence electrons. The second-order valence-electron chi connectivity index (χ2n) is 8.55. The van der Waals surface area contributed by atoms with Gasteiger partial charge >= 0.3 is 5.97 Å². The van der Waals surface area contributed by atoms with Crippen molar-refractivity contribution in [2.45, 2.75) is 44.4 Å². The number of halogens is 1. The molecule has 1 aliphatic rings.